The van der Waals surface area contributed by atoms with Crippen LogP contribution in [0.1, 0.15) is 39.1 Å². The van der Waals surface area contributed by atoms with Crippen LogP contribution in [0.3, 0.4) is 0 Å². The van der Waals surface area contributed by atoms with Crippen molar-refractivity contribution in [1.82, 2.24) is 15.1 Å². The first-order valence-corrected chi connectivity index (χ1v) is 9.65. The third kappa shape index (κ3) is 4.55. The third-order valence-corrected chi connectivity index (χ3v) is 5.22. The Kier molecular flexibility index (Phi) is 5.21. The molecule has 27 heavy (non-hydrogen) atoms. The highest BCUT2D eigenvalue weighted by molar-refractivity contribution is 5.98. The molecule has 140 valence electrons. The molecule has 0 bridgehead atoms. The minimum atomic E-state index is -0.0500. The molecule has 0 spiro atoms. The van der Waals surface area contributed by atoms with Gasteiger partial charge in [-0.2, -0.15) is 0 Å². The Morgan fingerprint density at radius 3 is 2.11 bits per heavy atom. The molecule has 4 rings (SSSR count). The lowest BCUT2D eigenvalue weighted by atomic mass is 10.1. The van der Waals surface area contributed by atoms with Crippen LogP contribution in [0.5, 0.6) is 0 Å². The van der Waals surface area contributed by atoms with Crippen LogP contribution in [0.4, 0.5) is 0 Å². The molecule has 5 nitrogen and oxygen atoms in total. The van der Waals surface area contributed by atoms with Gasteiger partial charge in [0.15, 0.2) is 0 Å². The highest BCUT2D eigenvalue weighted by Gasteiger charge is 2.25. The Labute approximate surface area is 160 Å². The first kappa shape index (κ1) is 17.7. The van der Waals surface area contributed by atoms with E-state index >= 15 is 0 Å². The van der Waals surface area contributed by atoms with Gasteiger partial charge in [-0.15, -0.1) is 0 Å². The second-order valence-electron chi connectivity index (χ2n) is 7.38. The zero-order valence-electron chi connectivity index (χ0n) is 15.4. The fourth-order valence-corrected chi connectivity index (χ4v) is 3.39. The van der Waals surface area contributed by atoms with E-state index in [1.54, 1.807) is 24.3 Å². The minimum absolute atomic E-state index is 0.0449. The quantitative estimate of drug-likeness (QED) is 0.888. The molecular weight excluding hydrogens is 338 g/mol. The minimum Gasteiger partial charge on any atom is -0.349 e. The van der Waals surface area contributed by atoms with Crippen LogP contribution in [0.15, 0.2) is 54.6 Å². The molecule has 0 unspecified atom stereocenters. The van der Waals surface area contributed by atoms with Gasteiger partial charge in [0.25, 0.3) is 11.8 Å². The highest BCUT2D eigenvalue weighted by Crippen LogP contribution is 2.19. The molecule has 2 aromatic rings. The maximum atomic E-state index is 12.7. The fourth-order valence-electron chi connectivity index (χ4n) is 3.39. The van der Waals surface area contributed by atoms with Gasteiger partial charge in [-0.1, -0.05) is 30.3 Å². The lowest BCUT2D eigenvalue weighted by Gasteiger charge is -2.34. The van der Waals surface area contributed by atoms with Gasteiger partial charge in [0.1, 0.15) is 0 Å². The molecule has 1 saturated carbocycles. The average Bonchev–Trinajstić information content (AvgIpc) is 3.53. The second kappa shape index (κ2) is 7.92. The molecule has 2 amide bonds. The van der Waals surface area contributed by atoms with Crippen molar-refractivity contribution < 1.29 is 9.59 Å². The van der Waals surface area contributed by atoms with E-state index in [0.717, 1.165) is 45.6 Å². The largest absolute Gasteiger partial charge is 0.349 e. The molecule has 2 aromatic carbocycles. The van der Waals surface area contributed by atoms with E-state index in [-0.39, 0.29) is 11.8 Å². The van der Waals surface area contributed by atoms with Crippen LogP contribution in [0.2, 0.25) is 0 Å². The van der Waals surface area contributed by atoms with Crippen molar-refractivity contribution in [2.75, 3.05) is 26.2 Å². The standard InChI is InChI=1S/C22H25N3O2/c26-21(23-20-10-11-20)18-6-8-19(9-7-18)22(27)25-14-12-24(13-15-25)16-17-4-2-1-3-5-17/h1-9,20H,10-16H2,(H,23,26). The number of nitrogens with one attached hydrogen (secondary N) is 1. The highest BCUT2D eigenvalue weighted by atomic mass is 16.2. The first-order valence-electron chi connectivity index (χ1n) is 9.65. The summed E-state index contributed by atoms with van der Waals surface area (Å²) in [4.78, 5) is 29.1. The fraction of sp³-hybridized carbons (Fsp3) is 0.364. The van der Waals surface area contributed by atoms with Gasteiger partial charge in [-0.05, 0) is 42.7 Å². The van der Waals surface area contributed by atoms with Gasteiger partial charge < -0.3 is 10.2 Å². The van der Waals surface area contributed by atoms with Gasteiger partial charge in [-0.3, -0.25) is 14.5 Å². The Hall–Kier alpha value is -2.66. The number of amides is 2. The molecule has 2 aliphatic rings. The van der Waals surface area contributed by atoms with Gasteiger partial charge in [-0.25, -0.2) is 0 Å². The number of carbonyl (C=O) groups is 2. The summed E-state index contributed by atoms with van der Waals surface area (Å²) in [5.41, 5.74) is 2.57. The SMILES string of the molecule is O=C(NC1CC1)c1ccc(C(=O)N2CCN(Cc3ccccc3)CC2)cc1. The maximum absolute atomic E-state index is 12.7. The van der Waals surface area contributed by atoms with Crippen LogP contribution >= 0.6 is 0 Å². The summed E-state index contributed by atoms with van der Waals surface area (Å²) < 4.78 is 0. The summed E-state index contributed by atoms with van der Waals surface area (Å²) in [5, 5.41) is 2.97. The molecule has 1 heterocycles. The normalized spacial score (nSPS) is 17.6. The van der Waals surface area contributed by atoms with Crippen LogP contribution in [0.25, 0.3) is 0 Å². The van der Waals surface area contributed by atoms with Crippen molar-refractivity contribution in [1.29, 1.82) is 0 Å². The molecule has 1 saturated heterocycles. The summed E-state index contributed by atoms with van der Waals surface area (Å²) in [6.07, 6.45) is 2.14. The van der Waals surface area contributed by atoms with Crippen molar-refractivity contribution in [2.24, 2.45) is 0 Å². The Morgan fingerprint density at radius 1 is 0.852 bits per heavy atom. The van der Waals surface area contributed by atoms with Crippen molar-refractivity contribution in [2.45, 2.75) is 25.4 Å². The van der Waals surface area contributed by atoms with Crippen LogP contribution in [-0.2, 0) is 6.54 Å². The molecule has 0 radical (unpaired) electrons. The topological polar surface area (TPSA) is 52.7 Å². The van der Waals surface area contributed by atoms with Crippen LogP contribution in [-0.4, -0.2) is 53.8 Å². The van der Waals surface area contributed by atoms with E-state index < -0.39 is 0 Å². The van der Waals surface area contributed by atoms with Crippen LogP contribution < -0.4 is 5.32 Å². The van der Waals surface area contributed by atoms with E-state index in [1.807, 2.05) is 11.0 Å². The molecule has 1 aliphatic heterocycles. The first-order chi connectivity index (χ1) is 13.2. The Balaban J connectivity index is 1.30. The summed E-state index contributed by atoms with van der Waals surface area (Å²) >= 11 is 0. The van der Waals surface area contributed by atoms with Gasteiger partial charge in [0.05, 0.1) is 0 Å². The van der Waals surface area contributed by atoms with Crippen LogP contribution in [0, 0.1) is 0 Å². The zero-order valence-corrected chi connectivity index (χ0v) is 15.4. The molecule has 5 heteroatoms. The van der Waals surface area contributed by atoms with E-state index in [4.69, 9.17) is 0 Å². The number of hydrogen-bond donors (Lipinski definition) is 1. The molecule has 0 atom stereocenters. The van der Waals surface area contributed by atoms with Crippen molar-refractivity contribution in [3.63, 3.8) is 0 Å². The zero-order chi connectivity index (χ0) is 18.6. The summed E-state index contributed by atoms with van der Waals surface area (Å²) in [5.74, 6) is -0.00506. The van der Waals surface area contributed by atoms with E-state index in [9.17, 15) is 9.59 Å². The molecular formula is C22H25N3O2. The molecule has 0 aromatic heterocycles. The number of rotatable bonds is 5. The van der Waals surface area contributed by atoms with E-state index in [1.165, 1.54) is 5.56 Å². The van der Waals surface area contributed by atoms with E-state index in [0.29, 0.717) is 17.2 Å². The number of benzene rings is 2. The number of nitrogens with zero attached hydrogens (tertiary/aromatic N) is 2. The van der Waals surface area contributed by atoms with Crippen molar-refractivity contribution in [3.05, 3.63) is 71.3 Å². The third-order valence-electron chi connectivity index (χ3n) is 5.22. The molecule has 1 N–H and O–H groups in total. The molecule has 1 aliphatic carbocycles. The maximum Gasteiger partial charge on any atom is 0.253 e. The Bertz CT molecular complexity index is 792. The number of hydrogen-bond acceptors (Lipinski definition) is 3. The number of piperazine rings is 1. The average molecular weight is 363 g/mol. The monoisotopic (exact) mass is 363 g/mol. The van der Waals surface area contributed by atoms with Gasteiger partial charge in [0, 0.05) is 49.9 Å². The predicted octanol–water partition coefficient (Wildman–Crippen LogP) is 2.54. The summed E-state index contributed by atoms with van der Waals surface area (Å²) in [7, 11) is 0. The second-order valence-corrected chi connectivity index (χ2v) is 7.38. The van der Waals surface area contributed by atoms with Gasteiger partial charge >= 0.3 is 0 Å². The van der Waals surface area contributed by atoms with Crippen molar-refractivity contribution >= 4 is 11.8 Å². The Morgan fingerprint density at radius 2 is 1.48 bits per heavy atom. The lowest BCUT2D eigenvalue weighted by molar-refractivity contribution is 0.0628. The molecule has 2 fully saturated rings. The number of carbonyl (C=O) groups excluding carboxylic acids is 2. The smallest absolute Gasteiger partial charge is 0.253 e. The summed E-state index contributed by atoms with van der Waals surface area (Å²) in [6.45, 7) is 4.14. The van der Waals surface area contributed by atoms with Crippen molar-refractivity contribution in [3.8, 4) is 0 Å². The predicted molar refractivity (Wildman–Crippen MR) is 105 cm³/mol. The lowest BCUT2D eigenvalue weighted by Crippen LogP contribution is -2.48. The van der Waals surface area contributed by atoms with Gasteiger partial charge in [0.2, 0.25) is 0 Å². The van der Waals surface area contributed by atoms with E-state index in [2.05, 4.69) is 34.5 Å². The summed E-state index contributed by atoms with van der Waals surface area (Å²) in [6, 6.07) is 17.8.